The maximum atomic E-state index is 12.9. The summed E-state index contributed by atoms with van der Waals surface area (Å²) in [4.78, 5) is 21.9. The molecule has 0 aromatic heterocycles. The fraction of sp³-hybridized carbons (Fsp3) is 0.667. The van der Waals surface area contributed by atoms with Crippen molar-refractivity contribution in [2.24, 2.45) is 10.9 Å². The van der Waals surface area contributed by atoms with Gasteiger partial charge in [-0.1, -0.05) is 12.1 Å². The predicted octanol–water partition coefficient (Wildman–Crippen LogP) is 3.97. The summed E-state index contributed by atoms with van der Waals surface area (Å²) in [5.41, 5.74) is 0.502. The third-order valence-electron chi connectivity index (χ3n) is 5.64. The van der Waals surface area contributed by atoms with Crippen LogP contribution in [0.5, 0.6) is 5.75 Å². The number of phenolic OH excluding ortho intramolecular Hbond substituents is 1. The molecular formula is C24H38N4O3. The van der Waals surface area contributed by atoms with E-state index in [9.17, 15) is 9.90 Å². The summed E-state index contributed by atoms with van der Waals surface area (Å²) in [6, 6.07) is 7.43. The minimum Gasteiger partial charge on any atom is -0.508 e. The molecule has 1 saturated carbocycles. The first-order valence-electron chi connectivity index (χ1n) is 11.6. The average Bonchev–Trinajstić information content (AvgIpc) is 3.52. The van der Waals surface area contributed by atoms with Gasteiger partial charge in [0.05, 0.1) is 6.54 Å². The molecule has 1 heterocycles. The number of aliphatic imine (C=N–C) groups is 1. The Morgan fingerprint density at radius 2 is 1.97 bits per heavy atom. The smallest absolute Gasteiger partial charge is 0.410 e. The van der Waals surface area contributed by atoms with Gasteiger partial charge in [0.25, 0.3) is 0 Å². The molecule has 2 fully saturated rings. The monoisotopic (exact) mass is 430 g/mol. The maximum Gasteiger partial charge on any atom is 0.410 e. The summed E-state index contributed by atoms with van der Waals surface area (Å²) >= 11 is 0. The van der Waals surface area contributed by atoms with E-state index in [0.717, 1.165) is 50.5 Å². The van der Waals surface area contributed by atoms with Gasteiger partial charge in [0, 0.05) is 32.2 Å². The van der Waals surface area contributed by atoms with E-state index in [2.05, 4.69) is 17.1 Å². The minimum absolute atomic E-state index is 0.178. The van der Waals surface area contributed by atoms with E-state index in [4.69, 9.17) is 9.73 Å². The van der Waals surface area contributed by atoms with Crippen LogP contribution < -0.4 is 5.32 Å². The molecule has 1 aliphatic carbocycles. The molecule has 2 N–H and O–H groups in total. The number of aromatic hydroxyl groups is 1. The van der Waals surface area contributed by atoms with Gasteiger partial charge in [-0.25, -0.2) is 9.79 Å². The topological polar surface area (TPSA) is 77.4 Å². The van der Waals surface area contributed by atoms with Crippen molar-refractivity contribution in [2.45, 2.75) is 71.6 Å². The van der Waals surface area contributed by atoms with Crippen molar-refractivity contribution in [1.82, 2.24) is 15.1 Å². The molecule has 0 bridgehead atoms. The molecular weight excluding hydrogens is 392 g/mol. The number of amides is 1. The number of nitrogens with zero attached hydrogens (tertiary/aromatic N) is 3. The number of benzene rings is 1. The molecule has 31 heavy (non-hydrogen) atoms. The summed E-state index contributed by atoms with van der Waals surface area (Å²) < 4.78 is 5.71. The molecule has 0 radical (unpaired) electrons. The average molecular weight is 431 g/mol. The summed E-state index contributed by atoms with van der Waals surface area (Å²) in [5, 5.41) is 13.1. The Bertz CT molecular complexity index is 762. The van der Waals surface area contributed by atoms with E-state index in [1.807, 2.05) is 37.8 Å². The van der Waals surface area contributed by atoms with Crippen molar-refractivity contribution in [1.29, 1.82) is 0 Å². The molecule has 1 aromatic carbocycles. The Labute approximate surface area is 186 Å². The molecule has 1 saturated heterocycles. The van der Waals surface area contributed by atoms with E-state index in [1.165, 1.54) is 12.8 Å². The molecule has 1 aromatic rings. The SMILES string of the molecule is CCNC(=NCc1cccc(O)c1)N1CCC(N(CC2CC2)C(=O)OC(C)(C)C)CC1. The molecule has 0 spiro atoms. The van der Waals surface area contributed by atoms with Crippen LogP contribution in [0.2, 0.25) is 0 Å². The number of likely N-dealkylation sites (tertiary alicyclic amines) is 1. The molecule has 7 heteroatoms. The van der Waals surface area contributed by atoms with Crippen molar-refractivity contribution in [2.75, 3.05) is 26.2 Å². The van der Waals surface area contributed by atoms with Gasteiger partial charge in [-0.2, -0.15) is 0 Å². The second kappa shape index (κ2) is 10.2. The first-order valence-corrected chi connectivity index (χ1v) is 11.6. The van der Waals surface area contributed by atoms with Gasteiger partial charge in [-0.15, -0.1) is 0 Å². The van der Waals surface area contributed by atoms with Crippen LogP contribution in [0.1, 0.15) is 58.9 Å². The molecule has 1 amide bonds. The van der Waals surface area contributed by atoms with Gasteiger partial charge in [-0.05, 0) is 77.0 Å². The second-order valence-electron chi connectivity index (χ2n) is 9.63. The molecule has 0 unspecified atom stereocenters. The van der Waals surface area contributed by atoms with E-state index in [1.54, 1.807) is 12.1 Å². The number of guanidine groups is 1. The normalized spacial score (nSPS) is 18.1. The van der Waals surface area contributed by atoms with Gasteiger partial charge >= 0.3 is 6.09 Å². The fourth-order valence-electron chi connectivity index (χ4n) is 3.91. The number of ether oxygens (including phenoxy) is 1. The number of hydrogen-bond donors (Lipinski definition) is 2. The van der Waals surface area contributed by atoms with Gasteiger partial charge in [0.2, 0.25) is 0 Å². The van der Waals surface area contributed by atoms with Crippen molar-refractivity contribution >= 4 is 12.1 Å². The van der Waals surface area contributed by atoms with Crippen molar-refractivity contribution in [3.05, 3.63) is 29.8 Å². The maximum absolute atomic E-state index is 12.9. The molecule has 172 valence electrons. The highest BCUT2D eigenvalue weighted by molar-refractivity contribution is 5.80. The molecule has 7 nitrogen and oxygen atoms in total. The largest absolute Gasteiger partial charge is 0.508 e. The third kappa shape index (κ3) is 7.33. The Balaban J connectivity index is 1.61. The molecule has 1 aliphatic heterocycles. The molecule has 0 atom stereocenters. The van der Waals surface area contributed by atoms with Crippen LogP contribution in [-0.4, -0.2) is 64.8 Å². The molecule has 3 rings (SSSR count). The Kier molecular flexibility index (Phi) is 7.68. The van der Waals surface area contributed by atoms with E-state index >= 15 is 0 Å². The van der Waals surface area contributed by atoms with Crippen molar-refractivity contribution < 1.29 is 14.6 Å². The van der Waals surface area contributed by atoms with Crippen LogP contribution in [-0.2, 0) is 11.3 Å². The lowest BCUT2D eigenvalue weighted by Crippen LogP contribution is -2.52. The second-order valence-corrected chi connectivity index (χ2v) is 9.63. The number of rotatable bonds is 6. The van der Waals surface area contributed by atoms with Crippen molar-refractivity contribution in [3.8, 4) is 5.75 Å². The van der Waals surface area contributed by atoms with Gasteiger partial charge < -0.3 is 25.0 Å². The van der Waals surface area contributed by atoms with Crippen LogP contribution >= 0.6 is 0 Å². The first-order chi connectivity index (χ1) is 14.7. The number of carbonyl (C=O) groups excluding carboxylic acids is 1. The lowest BCUT2D eigenvalue weighted by atomic mass is 10.0. The zero-order valence-corrected chi connectivity index (χ0v) is 19.4. The highest BCUT2D eigenvalue weighted by Crippen LogP contribution is 2.32. The quantitative estimate of drug-likeness (QED) is 0.527. The zero-order valence-electron chi connectivity index (χ0n) is 19.4. The fourth-order valence-corrected chi connectivity index (χ4v) is 3.91. The number of phenols is 1. The summed E-state index contributed by atoms with van der Waals surface area (Å²) in [5.74, 6) is 1.78. The number of hydrogen-bond acceptors (Lipinski definition) is 4. The zero-order chi connectivity index (χ0) is 22.4. The Morgan fingerprint density at radius 1 is 1.26 bits per heavy atom. The van der Waals surface area contributed by atoms with Gasteiger partial charge in [0.1, 0.15) is 11.4 Å². The summed E-state index contributed by atoms with van der Waals surface area (Å²) in [6.07, 6.45) is 4.06. The lowest BCUT2D eigenvalue weighted by Gasteiger charge is -2.40. The minimum atomic E-state index is -0.476. The van der Waals surface area contributed by atoms with E-state index in [-0.39, 0.29) is 17.9 Å². The van der Waals surface area contributed by atoms with Crippen molar-refractivity contribution in [3.63, 3.8) is 0 Å². The van der Waals surface area contributed by atoms with Crippen LogP contribution in [0.25, 0.3) is 0 Å². The highest BCUT2D eigenvalue weighted by atomic mass is 16.6. The highest BCUT2D eigenvalue weighted by Gasteiger charge is 2.35. The van der Waals surface area contributed by atoms with Crippen LogP contribution in [0.15, 0.2) is 29.3 Å². The van der Waals surface area contributed by atoms with E-state index < -0.39 is 5.60 Å². The summed E-state index contributed by atoms with van der Waals surface area (Å²) in [6.45, 7) is 11.7. The lowest BCUT2D eigenvalue weighted by molar-refractivity contribution is 0.00928. The Hall–Kier alpha value is -2.44. The predicted molar refractivity (Wildman–Crippen MR) is 123 cm³/mol. The number of nitrogens with one attached hydrogen (secondary N) is 1. The van der Waals surface area contributed by atoms with Crippen LogP contribution in [0, 0.1) is 5.92 Å². The number of carbonyl (C=O) groups is 1. The van der Waals surface area contributed by atoms with Crippen LogP contribution in [0.3, 0.4) is 0 Å². The molecule has 2 aliphatic rings. The van der Waals surface area contributed by atoms with E-state index in [0.29, 0.717) is 12.5 Å². The standard InChI is InChI=1S/C24H38N4O3/c1-5-25-22(26-16-19-7-6-8-21(29)15-19)27-13-11-20(12-14-27)28(17-18-9-10-18)23(30)31-24(2,3)4/h6-8,15,18,20,29H,5,9-14,16-17H2,1-4H3,(H,25,26). The third-order valence-corrected chi connectivity index (χ3v) is 5.64. The first kappa shape index (κ1) is 23.2. The van der Waals surface area contributed by atoms with Gasteiger partial charge in [0.15, 0.2) is 5.96 Å². The summed E-state index contributed by atoms with van der Waals surface area (Å²) in [7, 11) is 0. The van der Waals surface area contributed by atoms with Crippen LogP contribution in [0.4, 0.5) is 4.79 Å². The number of piperidine rings is 1. The van der Waals surface area contributed by atoms with Gasteiger partial charge in [-0.3, -0.25) is 0 Å². The Morgan fingerprint density at radius 3 is 2.55 bits per heavy atom.